The van der Waals surface area contributed by atoms with Crippen molar-refractivity contribution in [3.8, 4) is 0 Å². The summed E-state index contributed by atoms with van der Waals surface area (Å²) in [7, 11) is 3.30. The molecule has 0 aromatic carbocycles. The van der Waals surface area contributed by atoms with Gasteiger partial charge in [0.2, 0.25) is 0 Å². The van der Waals surface area contributed by atoms with Crippen LogP contribution >= 0.6 is 0 Å². The van der Waals surface area contributed by atoms with Gasteiger partial charge in [0.15, 0.2) is 14.2 Å². The van der Waals surface area contributed by atoms with Gasteiger partial charge >= 0.3 is 5.97 Å². The number of ether oxygens (including phenoxy) is 1. The molecule has 0 radical (unpaired) electrons. The topological polar surface area (TPSA) is 20.5 Å². The van der Waals surface area contributed by atoms with E-state index in [1.54, 1.807) is 14.2 Å². The lowest BCUT2D eigenvalue weighted by molar-refractivity contribution is -0.433. The van der Waals surface area contributed by atoms with E-state index < -0.39 is 0 Å². The van der Waals surface area contributed by atoms with Crippen LogP contribution in [0.15, 0.2) is 0 Å². The number of rotatable bonds is 1. The van der Waals surface area contributed by atoms with Crippen molar-refractivity contribution in [2.24, 2.45) is 5.92 Å². The van der Waals surface area contributed by atoms with Crippen molar-refractivity contribution in [3.05, 3.63) is 0 Å². The highest BCUT2D eigenvalue weighted by molar-refractivity contribution is 5.75. The number of methoxy groups -OCH3 is 1. The maximum Gasteiger partial charge on any atom is 0.487 e. The molecule has 8 heavy (non-hydrogen) atoms. The van der Waals surface area contributed by atoms with E-state index in [0.29, 0.717) is 5.92 Å². The van der Waals surface area contributed by atoms with E-state index in [-0.39, 0.29) is 0 Å². The van der Waals surface area contributed by atoms with Crippen LogP contribution < -0.4 is 0 Å². The van der Waals surface area contributed by atoms with Crippen LogP contribution in [-0.4, -0.2) is 20.2 Å². The third-order valence-electron chi connectivity index (χ3n) is 1.31. The summed E-state index contributed by atoms with van der Waals surface area (Å²) < 4.78 is 9.84. The van der Waals surface area contributed by atoms with Gasteiger partial charge in [-0.3, -0.25) is 0 Å². The van der Waals surface area contributed by atoms with E-state index in [4.69, 9.17) is 9.16 Å². The van der Waals surface area contributed by atoms with Gasteiger partial charge < -0.3 is 9.16 Å². The quantitative estimate of drug-likeness (QED) is 0.364. The Kier molecular flexibility index (Phi) is 1.51. The van der Waals surface area contributed by atoms with Gasteiger partial charge in [-0.05, 0) is 12.8 Å². The first-order valence-electron chi connectivity index (χ1n) is 2.83. The number of hydrogen-bond acceptors (Lipinski definition) is 1. The number of carbonyl (C=O) groups excluding carboxylic acids is 1. The van der Waals surface area contributed by atoms with Crippen molar-refractivity contribution in [2.45, 2.75) is 12.8 Å². The number of hydrogen-bond donors (Lipinski definition) is 0. The van der Waals surface area contributed by atoms with E-state index in [1.165, 1.54) is 12.8 Å². The van der Waals surface area contributed by atoms with Crippen LogP contribution in [0.25, 0.3) is 0 Å². The van der Waals surface area contributed by atoms with E-state index in [0.717, 1.165) is 5.97 Å². The highest BCUT2D eigenvalue weighted by atomic mass is 16.6. The Bertz CT molecular complexity index is 103. The first kappa shape index (κ1) is 5.60. The molecule has 46 valence electrons. The molecule has 0 amide bonds. The fourth-order valence-electron chi connectivity index (χ4n) is 0.736. The predicted molar refractivity (Wildman–Crippen MR) is 30.7 cm³/mol. The Balaban J connectivity index is 2.37. The zero-order valence-electron chi connectivity index (χ0n) is 5.31. The first-order valence-corrected chi connectivity index (χ1v) is 2.83. The molecule has 0 bridgehead atoms. The molecule has 1 aliphatic rings. The molecule has 0 aliphatic heterocycles. The molecule has 1 fully saturated rings. The van der Waals surface area contributed by atoms with Crippen molar-refractivity contribution in [3.63, 3.8) is 0 Å². The zero-order chi connectivity index (χ0) is 5.98. The molecule has 1 aliphatic carbocycles. The Labute approximate surface area is 49.2 Å². The monoisotopic (exact) mass is 115 g/mol. The molecule has 2 heteroatoms. The zero-order valence-corrected chi connectivity index (χ0v) is 5.31. The first-order chi connectivity index (χ1) is 3.88. The van der Waals surface area contributed by atoms with Gasteiger partial charge in [0.25, 0.3) is 0 Å². The highest BCUT2D eigenvalue weighted by Gasteiger charge is 2.37. The Morgan fingerprint density at radius 2 is 2.25 bits per heavy atom. The summed E-state index contributed by atoms with van der Waals surface area (Å²) in [5.41, 5.74) is 0. The molecule has 0 spiro atoms. The lowest BCUT2D eigenvalue weighted by Gasteiger charge is -1.83. The van der Waals surface area contributed by atoms with Crippen LogP contribution in [0.5, 0.6) is 0 Å². The predicted octanol–water partition coefficient (Wildman–Crippen LogP) is 0.735. The molecule has 0 saturated heterocycles. The van der Waals surface area contributed by atoms with Crippen LogP contribution in [0.1, 0.15) is 12.8 Å². The van der Waals surface area contributed by atoms with E-state index in [1.807, 2.05) is 0 Å². The van der Waals surface area contributed by atoms with Gasteiger partial charge in [-0.15, -0.1) is 0 Å². The molecule has 0 aromatic heterocycles. The molecule has 0 aromatic rings. The van der Waals surface area contributed by atoms with Crippen LogP contribution in [0.2, 0.25) is 0 Å². The van der Waals surface area contributed by atoms with E-state index >= 15 is 0 Å². The fourth-order valence-corrected chi connectivity index (χ4v) is 0.736. The third kappa shape index (κ3) is 0.997. The second-order valence-electron chi connectivity index (χ2n) is 2.00. The van der Waals surface area contributed by atoms with Crippen LogP contribution in [0, 0.1) is 5.92 Å². The van der Waals surface area contributed by atoms with Gasteiger partial charge in [-0.25, -0.2) is 0 Å². The van der Waals surface area contributed by atoms with Crippen LogP contribution in [0.3, 0.4) is 0 Å². The molecule has 0 unspecified atom stereocenters. The summed E-state index contributed by atoms with van der Waals surface area (Å²) in [4.78, 5) is 0. The van der Waals surface area contributed by atoms with Crippen molar-refractivity contribution in [1.82, 2.24) is 0 Å². The highest BCUT2D eigenvalue weighted by Crippen LogP contribution is 2.29. The smallest absolute Gasteiger partial charge is 0.325 e. The molecule has 0 heterocycles. The lowest BCUT2D eigenvalue weighted by Crippen LogP contribution is -2.05. The summed E-state index contributed by atoms with van der Waals surface area (Å²) in [5.74, 6) is 1.40. The normalized spacial score (nSPS) is 21.0. The van der Waals surface area contributed by atoms with Crippen molar-refractivity contribution in [1.29, 1.82) is 0 Å². The average molecular weight is 115 g/mol. The molecular weight excluding hydrogens is 104 g/mol. The van der Waals surface area contributed by atoms with Gasteiger partial charge in [-0.2, -0.15) is 0 Å². The van der Waals surface area contributed by atoms with Crippen LogP contribution in [0.4, 0.5) is 0 Å². The van der Waals surface area contributed by atoms with E-state index in [9.17, 15) is 0 Å². The van der Waals surface area contributed by atoms with Crippen molar-refractivity contribution in [2.75, 3.05) is 14.2 Å². The SMILES string of the molecule is COC(=[O+]C)C1CC1. The summed E-state index contributed by atoms with van der Waals surface area (Å²) in [5, 5.41) is 0. The van der Waals surface area contributed by atoms with Gasteiger partial charge in [0.05, 0.1) is 0 Å². The van der Waals surface area contributed by atoms with E-state index in [2.05, 4.69) is 0 Å². The Morgan fingerprint density at radius 3 is 2.38 bits per heavy atom. The maximum absolute atomic E-state index is 4.92. The van der Waals surface area contributed by atoms with Crippen molar-refractivity contribution >= 4 is 5.97 Å². The minimum atomic E-state index is 0.602. The molecular formula is C6H11O2+. The molecule has 0 N–H and O–H groups in total. The minimum Gasteiger partial charge on any atom is -0.325 e. The van der Waals surface area contributed by atoms with Gasteiger partial charge in [0, 0.05) is 0 Å². The Hall–Kier alpha value is -0.530. The van der Waals surface area contributed by atoms with Crippen molar-refractivity contribution < 1.29 is 9.16 Å². The minimum absolute atomic E-state index is 0.602. The standard InChI is InChI=1S/C6H11O2/c1-7-6(8-2)5-3-4-5/h5H,3-4H2,1-2H3/q+1. The number of esters is 1. The van der Waals surface area contributed by atoms with Crippen LogP contribution in [-0.2, 0) is 9.16 Å². The maximum atomic E-state index is 4.92. The molecule has 0 atom stereocenters. The summed E-state index contributed by atoms with van der Waals surface area (Å²) in [6.07, 6.45) is 2.47. The second-order valence-corrected chi connectivity index (χ2v) is 2.00. The second kappa shape index (κ2) is 2.16. The summed E-state index contributed by atoms with van der Waals surface area (Å²) >= 11 is 0. The van der Waals surface area contributed by atoms with Gasteiger partial charge in [0.1, 0.15) is 5.92 Å². The Morgan fingerprint density at radius 1 is 1.62 bits per heavy atom. The van der Waals surface area contributed by atoms with Gasteiger partial charge in [-0.1, -0.05) is 0 Å². The fraction of sp³-hybridized carbons (Fsp3) is 0.833. The molecule has 1 saturated carbocycles. The average Bonchev–Trinajstić information content (AvgIpc) is 2.53. The summed E-state index contributed by atoms with van der Waals surface area (Å²) in [6.45, 7) is 0. The molecule has 2 nitrogen and oxygen atoms in total. The third-order valence-corrected chi connectivity index (χ3v) is 1.31. The summed E-state index contributed by atoms with van der Waals surface area (Å²) in [6, 6.07) is 0. The largest absolute Gasteiger partial charge is 0.487 e. The lowest BCUT2D eigenvalue weighted by atomic mass is 10.4. The molecule has 1 rings (SSSR count).